The number of carbonyl (C=O) groups is 1. The Balaban J connectivity index is 2.16. The number of hydrogen-bond acceptors (Lipinski definition) is 3. The molecule has 1 saturated heterocycles. The third-order valence-electron chi connectivity index (χ3n) is 4.44. The summed E-state index contributed by atoms with van der Waals surface area (Å²) in [6.07, 6.45) is 0.701. The first-order chi connectivity index (χ1) is 9.98. The smallest absolute Gasteiger partial charge is 0.313 e. The third-order valence-corrected chi connectivity index (χ3v) is 4.44. The Bertz CT molecular complexity index is 511. The van der Waals surface area contributed by atoms with Crippen molar-refractivity contribution in [2.24, 2.45) is 11.3 Å². The average molecular weight is 287 g/mol. The topological polar surface area (TPSA) is 29.5 Å². The minimum atomic E-state index is -0.449. The lowest BCUT2D eigenvalue weighted by atomic mass is 9.74. The van der Waals surface area contributed by atoms with Gasteiger partial charge in [0, 0.05) is 19.6 Å². The molecule has 1 aliphatic rings. The number of rotatable bonds is 5. The first-order valence-corrected chi connectivity index (χ1v) is 7.47. The van der Waals surface area contributed by atoms with Crippen LogP contribution in [0.15, 0.2) is 42.5 Å². The van der Waals surface area contributed by atoms with E-state index in [-0.39, 0.29) is 11.9 Å². The van der Waals surface area contributed by atoms with Gasteiger partial charge in [0.15, 0.2) is 0 Å². The van der Waals surface area contributed by atoms with Crippen molar-refractivity contribution in [1.82, 2.24) is 4.90 Å². The van der Waals surface area contributed by atoms with Crippen molar-refractivity contribution in [3.05, 3.63) is 48.0 Å². The van der Waals surface area contributed by atoms with Crippen LogP contribution >= 0.6 is 0 Å². The number of esters is 1. The fraction of sp³-hybridized carbons (Fsp3) is 0.500. The monoisotopic (exact) mass is 287 g/mol. The van der Waals surface area contributed by atoms with Gasteiger partial charge in [0.05, 0.1) is 12.5 Å². The Morgan fingerprint density at radius 3 is 2.67 bits per heavy atom. The number of likely N-dealkylation sites (tertiary alicyclic amines) is 1. The molecule has 0 amide bonds. The van der Waals surface area contributed by atoms with Gasteiger partial charge in [0.2, 0.25) is 0 Å². The molecule has 114 valence electrons. The predicted molar refractivity (Wildman–Crippen MR) is 84.8 cm³/mol. The summed E-state index contributed by atoms with van der Waals surface area (Å²) >= 11 is 0. The van der Waals surface area contributed by atoms with Crippen LogP contribution in [0.3, 0.4) is 0 Å². The van der Waals surface area contributed by atoms with Gasteiger partial charge in [-0.25, -0.2) is 0 Å². The Labute approximate surface area is 127 Å². The molecule has 1 aliphatic heterocycles. The van der Waals surface area contributed by atoms with E-state index in [1.807, 2.05) is 13.0 Å². The second-order valence-electron chi connectivity index (χ2n) is 6.34. The molecule has 0 aromatic heterocycles. The minimum Gasteiger partial charge on any atom is -0.469 e. The molecule has 2 atom stereocenters. The lowest BCUT2D eigenvalue weighted by Crippen LogP contribution is -2.39. The molecule has 0 saturated carbocycles. The van der Waals surface area contributed by atoms with E-state index in [1.54, 1.807) is 0 Å². The number of nitrogens with zero attached hydrogens (tertiary/aromatic N) is 1. The molecular formula is C18H25NO2. The Kier molecular flexibility index (Phi) is 4.84. The molecule has 0 radical (unpaired) electrons. The summed E-state index contributed by atoms with van der Waals surface area (Å²) in [5, 5.41) is 0. The first kappa shape index (κ1) is 15.8. The molecular weight excluding hydrogens is 262 g/mol. The summed E-state index contributed by atoms with van der Waals surface area (Å²) in [6.45, 7) is 10.7. The molecule has 1 aromatic carbocycles. The summed E-state index contributed by atoms with van der Waals surface area (Å²) in [4.78, 5) is 14.7. The number of hydrogen-bond donors (Lipinski definition) is 0. The maximum atomic E-state index is 12.4. The van der Waals surface area contributed by atoms with Crippen LogP contribution < -0.4 is 0 Å². The summed E-state index contributed by atoms with van der Waals surface area (Å²) in [6, 6.07) is 10.4. The van der Waals surface area contributed by atoms with Crippen LogP contribution in [0.1, 0.15) is 25.8 Å². The number of ether oxygens (including phenoxy) is 1. The van der Waals surface area contributed by atoms with E-state index >= 15 is 0 Å². The molecule has 1 aromatic rings. The summed E-state index contributed by atoms with van der Waals surface area (Å²) in [5.41, 5.74) is 1.87. The zero-order valence-electron chi connectivity index (χ0n) is 13.3. The van der Waals surface area contributed by atoms with Gasteiger partial charge in [-0.3, -0.25) is 9.69 Å². The highest BCUT2D eigenvalue weighted by molar-refractivity contribution is 5.78. The van der Waals surface area contributed by atoms with Crippen molar-refractivity contribution in [3.63, 3.8) is 0 Å². The van der Waals surface area contributed by atoms with Crippen molar-refractivity contribution in [1.29, 1.82) is 0 Å². The maximum absolute atomic E-state index is 12.4. The standard InChI is InChI=1S/C18H25NO2/c1-14(2)10-18(17(20)21-4)13-19(11-15(18)3)12-16-8-6-5-7-9-16/h5-9,15H,1,10-13H2,2-4H3/t15-,18-/m1/s1. The summed E-state index contributed by atoms with van der Waals surface area (Å²) in [5.74, 6) is 0.166. The molecule has 1 fully saturated rings. The Morgan fingerprint density at radius 2 is 2.10 bits per heavy atom. The van der Waals surface area contributed by atoms with Gasteiger partial charge >= 0.3 is 5.97 Å². The van der Waals surface area contributed by atoms with Gasteiger partial charge in [-0.05, 0) is 24.8 Å². The summed E-state index contributed by atoms with van der Waals surface area (Å²) in [7, 11) is 1.48. The fourth-order valence-electron chi connectivity index (χ4n) is 3.45. The van der Waals surface area contributed by atoms with Crippen molar-refractivity contribution in [3.8, 4) is 0 Å². The fourth-order valence-corrected chi connectivity index (χ4v) is 3.45. The van der Waals surface area contributed by atoms with Crippen LogP contribution in [-0.2, 0) is 16.1 Å². The van der Waals surface area contributed by atoms with Crippen LogP contribution in [0.2, 0.25) is 0 Å². The highest BCUT2D eigenvalue weighted by Gasteiger charge is 2.50. The van der Waals surface area contributed by atoms with Crippen LogP contribution in [-0.4, -0.2) is 31.1 Å². The maximum Gasteiger partial charge on any atom is 0.313 e. The number of methoxy groups -OCH3 is 1. The van der Waals surface area contributed by atoms with Crippen molar-refractivity contribution < 1.29 is 9.53 Å². The van der Waals surface area contributed by atoms with Crippen LogP contribution in [0.4, 0.5) is 0 Å². The second kappa shape index (κ2) is 6.44. The minimum absolute atomic E-state index is 0.103. The van der Waals surface area contributed by atoms with E-state index < -0.39 is 5.41 Å². The normalized spacial score (nSPS) is 25.8. The largest absolute Gasteiger partial charge is 0.469 e. The average Bonchev–Trinajstić information content (AvgIpc) is 2.75. The predicted octanol–water partition coefficient (Wildman–Crippen LogP) is 3.26. The van der Waals surface area contributed by atoms with E-state index in [0.717, 1.165) is 25.2 Å². The van der Waals surface area contributed by atoms with E-state index in [2.05, 4.69) is 42.7 Å². The molecule has 0 bridgehead atoms. The van der Waals surface area contributed by atoms with E-state index in [0.29, 0.717) is 6.42 Å². The number of allylic oxidation sites excluding steroid dienone is 1. The van der Waals surface area contributed by atoms with Gasteiger partial charge in [-0.15, -0.1) is 6.58 Å². The lowest BCUT2D eigenvalue weighted by Gasteiger charge is -2.30. The molecule has 0 aliphatic carbocycles. The van der Waals surface area contributed by atoms with E-state index in [4.69, 9.17) is 4.74 Å². The molecule has 1 heterocycles. The van der Waals surface area contributed by atoms with Gasteiger partial charge in [0.25, 0.3) is 0 Å². The molecule has 3 heteroatoms. The number of benzene rings is 1. The van der Waals surface area contributed by atoms with Crippen LogP contribution in [0.25, 0.3) is 0 Å². The Hall–Kier alpha value is -1.61. The van der Waals surface area contributed by atoms with Crippen LogP contribution in [0.5, 0.6) is 0 Å². The molecule has 0 spiro atoms. The molecule has 0 unspecified atom stereocenters. The summed E-state index contributed by atoms with van der Waals surface area (Å²) < 4.78 is 5.10. The molecule has 2 rings (SSSR count). The lowest BCUT2D eigenvalue weighted by molar-refractivity contribution is -0.154. The van der Waals surface area contributed by atoms with Gasteiger partial charge in [-0.2, -0.15) is 0 Å². The van der Waals surface area contributed by atoms with Crippen LogP contribution in [0, 0.1) is 11.3 Å². The quantitative estimate of drug-likeness (QED) is 0.615. The zero-order valence-corrected chi connectivity index (χ0v) is 13.3. The first-order valence-electron chi connectivity index (χ1n) is 7.47. The second-order valence-corrected chi connectivity index (χ2v) is 6.34. The number of carbonyl (C=O) groups excluding carboxylic acids is 1. The molecule has 0 N–H and O–H groups in total. The Morgan fingerprint density at radius 1 is 1.43 bits per heavy atom. The van der Waals surface area contributed by atoms with Crippen molar-refractivity contribution in [2.45, 2.75) is 26.8 Å². The van der Waals surface area contributed by atoms with E-state index in [9.17, 15) is 4.79 Å². The molecule has 3 nitrogen and oxygen atoms in total. The SMILES string of the molecule is C=C(C)C[C@@]1(C(=O)OC)CN(Cc2ccccc2)C[C@H]1C. The van der Waals surface area contributed by atoms with Gasteiger partial charge in [-0.1, -0.05) is 42.8 Å². The highest BCUT2D eigenvalue weighted by atomic mass is 16.5. The van der Waals surface area contributed by atoms with Gasteiger partial charge < -0.3 is 4.74 Å². The van der Waals surface area contributed by atoms with E-state index in [1.165, 1.54) is 12.7 Å². The highest BCUT2D eigenvalue weighted by Crippen LogP contribution is 2.42. The van der Waals surface area contributed by atoms with Gasteiger partial charge in [0.1, 0.15) is 0 Å². The van der Waals surface area contributed by atoms with Crippen molar-refractivity contribution >= 4 is 5.97 Å². The van der Waals surface area contributed by atoms with Crippen molar-refractivity contribution in [2.75, 3.05) is 20.2 Å². The molecule has 21 heavy (non-hydrogen) atoms. The zero-order chi connectivity index (χ0) is 15.5. The third kappa shape index (κ3) is 3.35.